The summed E-state index contributed by atoms with van der Waals surface area (Å²) in [5, 5.41) is 5.44. The molecule has 0 unspecified atom stereocenters. The first kappa shape index (κ1) is 27.6. The highest BCUT2D eigenvalue weighted by Gasteiger charge is 2.49. The first-order valence-corrected chi connectivity index (χ1v) is 14.0. The zero-order valence-corrected chi connectivity index (χ0v) is 22.6. The van der Waals surface area contributed by atoms with Crippen molar-refractivity contribution in [2.75, 3.05) is 56.2 Å². The molecule has 0 radical (unpaired) electrons. The van der Waals surface area contributed by atoms with Crippen LogP contribution in [0.2, 0.25) is 0 Å². The number of sulfonamides is 1. The van der Waals surface area contributed by atoms with Crippen molar-refractivity contribution < 1.29 is 27.5 Å². The van der Waals surface area contributed by atoms with Gasteiger partial charge in [-0.15, -0.1) is 0 Å². The number of hydrogen-bond acceptors (Lipinski definition) is 7. The van der Waals surface area contributed by atoms with Gasteiger partial charge in [-0.25, -0.2) is 13.2 Å². The molecule has 2 saturated heterocycles. The molecule has 0 bridgehead atoms. The molecule has 1 atom stereocenters. The van der Waals surface area contributed by atoms with Crippen molar-refractivity contribution in [3.05, 3.63) is 54.1 Å². The Morgan fingerprint density at radius 1 is 1.08 bits per heavy atom. The zero-order valence-electron chi connectivity index (χ0n) is 21.8. The zero-order chi connectivity index (χ0) is 27.5. The fourth-order valence-corrected chi connectivity index (χ4v) is 6.19. The highest BCUT2D eigenvalue weighted by molar-refractivity contribution is 7.89. The molecule has 2 aromatic rings. The van der Waals surface area contributed by atoms with Crippen LogP contribution in [0.1, 0.15) is 26.3 Å². The highest BCUT2D eigenvalue weighted by atomic mass is 32.2. The van der Waals surface area contributed by atoms with Crippen LogP contribution in [0.15, 0.2) is 53.4 Å². The fraction of sp³-hybridized carbons (Fsp3) is 0.423. The Bertz CT molecular complexity index is 1310. The Morgan fingerprint density at radius 3 is 2.37 bits per heavy atom. The largest absolute Gasteiger partial charge is 0.378 e. The van der Waals surface area contributed by atoms with Crippen LogP contribution < -0.4 is 15.5 Å². The fourth-order valence-electron chi connectivity index (χ4n) is 4.71. The molecule has 0 spiro atoms. The smallest absolute Gasteiger partial charge is 0.325 e. The maximum absolute atomic E-state index is 13.2. The Morgan fingerprint density at radius 2 is 1.74 bits per heavy atom. The molecule has 38 heavy (non-hydrogen) atoms. The molecule has 0 aliphatic carbocycles. The minimum atomic E-state index is -3.78. The van der Waals surface area contributed by atoms with Gasteiger partial charge in [0.05, 0.1) is 29.5 Å². The van der Waals surface area contributed by atoms with E-state index in [1.54, 1.807) is 57.2 Å². The van der Waals surface area contributed by atoms with E-state index >= 15 is 0 Å². The average molecular weight is 544 g/mol. The molecule has 2 aromatic carbocycles. The molecule has 2 aliphatic rings. The molecule has 2 N–H and O–H groups in total. The van der Waals surface area contributed by atoms with Crippen LogP contribution in [0, 0.1) is 0 Å². The molecular weight excluding hydrogens is 510 g/mol. The second kappa shape index (κ2) is 11.1. The number of nitrogens with one attached hydrogen (secondary N) is 2. The van der Waals surface area contributed by atoms with Crippen molar-refractivity contribution in [1.29, 1.82) is 0 Å². The standard InChI is InChI=1S/C26H33N5O6S/c1-4-30(5-2)38(35,36)20-11-12-22(29-13-15-37-16-14-29)21(17-20)27-23(32)18-31-24(33)26(3,28-25(31)34)19-9-7-6-8-10-19/h6-12,17H,4-5,13-16,18H2,1-3H3,(H,27,32)(H,28,34)/t26-/m1/s1. The van der Waals surface area contributed by atoms with Gasteiger partial charge in [0.1, 0.15) is 12.1 Å². The summed E-state index contributed by atoms with van der Waals surface area (Å²) in [6.45, 7) is 7.31. The summed E-state index contributed by atoms with van der Waals surface area (Å²) in [4.78, 5) is 42.0. The highest BCUT2D eigenvalue weighted by Crippen LogP contribution is 2.32. The molecule has 0 saturated carbocycles. The predicted octanol–water partition coefficient (Wildman–Crippen LogP) is 1.96. The normalized spacial score (nSPS) is 20.1. The Kier molecular flexibility index (Phi) is 8.05. The summed E-state index contributed by atoms with van der Waals surface area (Å²) in [5.74, 6) is -1.17. The van der Waals surface area contributed by atoms with Crippen LogP contribution in [0.25, 0.3) is 0 Å². The van der Waals surface area contributed by atoms with Gasteiger partial charge >= 0.3 is 6.03 Å². The van der Waals surface area contributed by atoms with Gasteiger partial charge in [-0.3, -0.25) is 14.5 Å². The lowest BCUT2D eigenvalue weighted by Gasteiger charge is -2.31. The van der Waals surface area contributed by atoms with Crippen LogP contribution in [-0.4, -0.2) is 81.4 Å². The monoisotopic (exact) mass is 543 g/mol. The number of urea groups is 1. The number of carbonyl (C=O) groups excluding carboxylic acids is 3. The molecule has 204 valence electrons. The number of nitrogens with zero attached hydrogens (tertiary/aromatic N) is 3. The summed E-state index contributed by atoms with van der Waals surface area (Å²) < 4.78 is 33.1. The first-order chi connectivity index (χ1) is 18.1. The first-order valence-electron chi connectivity index (χ1n) is 12.6. The van der Waals surface area contributed by atoms with Gasteiger partial charge < -0.3 is 20.3 Å². The Labute approximate surface area is 222 Å². The molecule has 11 nitrogen and oxygen atoms in total. The number of imide groups is 1. The maximum Gasteiger partial charge on any atom is 0.325 e. The van der Waals surface area contributed by atoms with Crippen molar-refractivity contribution in [2.45, 2.75) is 31.2 Å². The lowest BCUT2D eigenvalue weighted by Crippen LogP contribution is -2.42. The van der Waals surface area contributed by atoms with Gasteiger partial charge in [0.15, 0.2) is 0 Å². The number of morpholine rings is 1. The topological polar surface area (TPSA) is 128 Å². The van der Waals surface area contributed by atoms with E-state index in [9.17, 15) is 22.8 Å². The third-order valence-corrected chi connectivity index (χ3v) is 8.91. The minimum Gasteiger partial charge on any atom is -0.378 e. The van der Waals surface area contributed by atoms with Crippen LogP contribution in [0.4, 0.5) is 16.2 Å². The maximum atomic E-state index is 13.2. The second-order valence-corrected chi connectivity index (χ2v) is 11.2. The summed E-state index contributed by atoms with van der Waals surface area (Å²) in [6.07, 6.45) is 0. The molecule has 2 heterocycles. The number of rotatable bonds is 9. The summed E-state index contributed by atoms with van der Waals surface area (Å²) in [7, 11) is -3.78. The van der Waals surface area contributed by atoms with Gasteiger partial charge in [-0.2, -0.15) is 4.31 Å². The summed E-state index contributed by atoms with van der Waals surface area (Å²) >= 11 is 0. The molecule has 2 fully saturated rings. The van der Waals surface area contributed by atoms with Crippen LogP contribution in [0.3, 0.4) is 0 Å². The van der Waals surface area contributed by atoms with E-state index in [4.69, 9.17) is 4.74 Å². The van der Waals surface area contributed by atoms with Crippen molar-refractivity contribution in [2.24, 2.45) is 0 Å². The lowest BCUT2D eigenvalue weighted by atomic mass is 9.92. The number of hydrogen-bond donors (Lipinski definition) is 2. The third-order valence-electron chi connectivity index (χ3n) is 6.86. The van der Waals surface area contributed by atoms with E-state index in [-0.39, 0.29) is 10.6 Å². The number of carbonyl (C=O) groups is 3. The number of anilines is 2. The van der Waals surface area contributed by atoms with E-state index in [0.29, 0.717) is 50.6 Å². The van der Waals surface area contributed by atoms with E-state index in [1.165, 1.54) is 16.4 Å². The predicted molar refractivity (Wildman–Crippen MR) is 142 cm³/mol. The Hall–Kier alpha value is -3.48. The van der Waals surface area contributed by atoms with E-state index in [0.717, 1.165) is 4.90 Å². The van der Waals surface area contributed by atoms with Gasteiger partial charge in [-0.05, 0) is 30.7 Å². The van der Waals surface area contributed by atoms with Crippen LogP contribution in [0.5, 0.6) is 0 Å². The molecule has 4 amide bonds. The number of ether oxygens (including phenoxy) is 1. The van der Waals surface area contributed by atoms with Crippen molar-refractivity contribution in [3.63, 3.8) is 0 Å². The molecule has 12 heteroatoms. The van der Waals surface area contributed by atoms with E-state index in [2.05, 4.69) is 10.6 Å². The van der Waals surface area contributed by atoms with Crippen LogP contribution >= 0.6 is 0 Å². The van der Waals surface area contributed by atoms with Gasteiger partial charge in [-0.1, -0.05) is 44.2 Å². The Balaban J connectivity index is 1.60. The quantitative estimate of drug-likeness (QED) is 0.463. The number of benzene rings is 2. The molecule has 4 rings (SSSR count). The molecule has 0 aromatic heterocycles. The second-order valence-electron chi connectivity index (χ2n) is 9.23. The van der Waals surface area contributed by atoms with E-state index < -0.39 is 40.0 Å². The molecular formula is C26H33N5O6S. The molecule has 2 aliphatic heterocycles. The number of amides is 4. The third kappa shape index (κ3) is 5.24. The summed E-state index contributed by atoms with van der Waals surface area (Å²) in [5.41, 5.74) is 0.217. The average Bonchev–Trinajstić information content (AvgIpc) is 3.14. The lowest BCUT2D eigenvalue weighted by molar-refractivity contribution is -0.133. The van der Waals surface area contributed by atoms with E-state index in [1.807, 2.05) is 4.90 Å². The summed E-state index contributed by atoms with van der Waals surface area (Å²) in [6, 6.07) is 12.7. The van der Waals surface area contributed by atoms with Crippen molar-refractivity contribution >= 4 is 39.2 Å². The van der Waals surface area contributed by atoms with Gasteiger partial charge in [0.2, 0.25) is 15.9 Å². The van der Waals surface area contributed by atoms with Crippen molar-refractivity contribution in [3.8, 4) is 0 Å². The SMILES string of the molecule is CCN(CC)S(=O)(=O)c1ccc(N2CCOCC2)c(NC(=O)CN2C(=O)N[C@](C)(c3ccccc3)C2=O)c1. The van der Waals surface area contributed by atoms with Gasteiger partial charge in [0, 0.05) is 26.2 Å². The van der Waals surface area contributed by atoms with Gasteiger partial charge in [0.25, 0.3) is 5.91 Å². The minimum absolute atomic E-state index is 0.0418. The van der Waals surface area contributed by atoms with Crippen molar-refractivity contribution in [1.82, 2.24) is 14.5 Å². The van der Waals surface area contributed by atoms with Crippen LogP contribution in [-0.2, 0) is 29.9 Å².